The number of hydrogen-bond donors (Lipinski definition) is 1. The fourth-order valence-electron chi connectivity index (χ4n) is 0.546. The molecule has 0 saturated carbocycles. The van der Waals surface area contributed by atoms with Gasteiger partial charge in [0.25, 0.3) is 0 Å². The third-order valence-electron chi connectivity index (χ3n) is 1.31. The second-order valence-electron chi connectivity index (χ2n) is 2.41. The Kier molecular flexibility index (Phi) is 18.3. The van der Waals surface area contributed by atoms with Crippen LogP contribution in [0.5, 0.6) is 0 Å². The minimum atomic E-state index is -0.0982. The molecule has 0 aliphatic carbocycles. The van der Waals surface area contributed by atoms with Crippen molar-refractivity contribution in [3.63, 3.8) is 0 Å². The Morgan fingerprint density at radius 1 is 1.31 bits per heavy atom. The van der Waals surface area contributed by atoms with Crippen molar-refractivity contribution in [3.05, 3.63) is 0 Å². The van der Waals surface area contributed by atoms with E-state index in [0.717, 1.165) is 29.3 Å². The smallest absolute Gasteiger partial charge is 0.158 e. The highest BCUT2D eigenvalue weighted by atomic mass is 32.1. The van der Waals surface area contributed by atoms with Crippen LogP contribution in [0, 0.1) is 0 Å². The lowest BCUT2D eigenvalue weighted by Crippen LogP contribution is -2.15. The van der Waals surface area contributed by atoms with Crippen LogP contribution < -0.4 is 0 Å². The van der Waals surface area contributed by atoms with E-state index in [0.29, 0.717) is 0 Å². The lowest BCUT2D eigenvalue weighted by atomic mass is 10.4. The number of methoxy groups -OCH3 is 2. The molecule has 0 aromatic rings. The Labute approximate surface area is 90.1 Å². The van der Waals surface area contributed by atoms with Gasteiger partial charge in [-0.3, -0.25) is 0 Å². The summed E-state index contributed by atoms with van der Waals surface area (Å²) in [5.74, 6) is 1.01. The highest BCUT2D eigenvalue weighted by molar-refractivity contribution is 7.80. The standard InChI is InChI=1S/C5H14O3Si.C3H8S/c1-6-5(7-2)3-4-8-9;1-2-3-4/h5H,3-4H2,1-2,9H3;4H,2-3H2,1H3. The maximum Gasteiger partial charge on any atom is 0.158 e. The van der Waals surface area contributed by atoms with E-state index in [1.54, 1.807) is 14.2 Å². The molecular formula is C8H22O3SSi. The van der Waals surface area contributed by atoms with Crippen molar-refractivity contribution in [1.82, 2.24) is 0 Å². The molecule has 0 atom stereocenters. The summed E-state index contributed by atoms with van der Waals surface area (Å²) in [4.78, 5) is 0. The minimum Gasteiger partial charge on any atom is -0.428 e. The van der Waals surface area contributed by atoms with Crippen molar-refractivity contribution in [1.29, 1.82) is 0 Å². The Morgan fingerprint density at radius 2 is 1.77 bits per heavy atom. The van der Waals surface area contributed by atoms with Crippen LogP contribution in [0.4, 0.5) is 0 Å². The Balaban J connectivity index is 0. The van der Waals surface area contributed by atoms with Crippen molar-refractivity contribution >= 4 is 23.1 Å². The van der Waals surface area contributed by atoms with Gasteiger partial charge in [-0.1, -0.05) is 6.92 Å². The largest absolute Gasteiger partial charge is 0.428 e. The first kappa shape index (κ1) is 15.9. The van der Waals surface area contributed by atoms with Gasteiger partial charge in [-0.25, -0.2) is 0 Å². The molecular weight excluding hydrogens is 204 g/mol. The lowest BCUT2D eigenvalue weighted by Gasteiger charge is -2.11. The summed E-state index contributed by atoms with van der Waals surface area (Å²) >= 11 is 3.92. The van der Waals surface area contributed by atoms with Crippen molar-refractivity contribution in [2.75, 3.05) is 26.6 Å². The van der Waals surface area contributed by atoms with Crippen molar-refractivity contribution < 1.29 is 13.9 Å². The molecule has 0 radical (unpaired) electrons. The Morgan fingerprint density at radius 3 is 2.00 bits per heavy atom. The third-order valence-corrected chi connectivity index (χ3v) is 2.16. The quantitative estimate of drug-likeness (QED) is 0.409. The molecule has 0 bridgehead atoms. The molecule has 13 heavy (non-hydrogen) atoms. The van der Waals surface area contributed by atoms with Crippen LogP contribution in [0.2, 0.25) is 0 Å². The normalized spacial score (nSPS) is 9.92. The molecule has 0 saturated heterocycles. The topological polar surface area (TPSA) is 27.7 Å². The first-order valence-electron chi connectivity index (χ1n) is 4.42. The van der Waals surface area contributed by atoms with E-state index in [1.165, 1.54) is 6.42 Å². The highest BCUT2D eigenvalue weighted by Gasteiger charge is 2.01. The van der Waals surface area contributed by atoms with Crippen molar-refractivity contribution in [3.8, 4) is 0 Å². The van der Waals surface area contributed by atoms with Gasteiger partial charge in [0.05, 0.1) is 0 Å². The molecule has 0 N–H and O–H groups in total. The molecule has 0 spiro atoms. The summed E-state index contributed by atoms with van der Waals surface area (Å²) in [6.07, 6.45) is 1.90. The zero-order valence-electron chi connectivity index (χ0n) is 9.08. The predicted octanol–water partition coefficient (Wildman–Crippen LogP) is 0.619. The van der Waals surface area contributed by atoms with Gasteiger partial charge in [0.15, 0.2) is 6.29 Å². The number of hydrogen-bond acceptors (Lipinski definition) is 4. The van der Waals surface area contributed by atoms with E-state index in [2.05, 4.69) is 19.6 Å². The van der Waals surface area contributed by atoms with E-state index in [1.807, 2.05) is 0 Å². The van der Waals surface area contributed by atoms with Crippen LogP contribution in [0.25, 0.3) is 0 Å². The van der Waals surface area contributed by atoms with Crippen molar-refractivity contribution in [2.24, 2.45) is 0 Å². The van der Waals surface area contributed by atoms with Gasteiger partial charge in [0.2, 0.25) is 0 Å². The Bertz CT molecular complexity index is 79.8. The summed E-state index contributed by atoms with van der Waals surface area (Å²) in [6, 6.07) is 0. The van der Waals surface area contributed by atoms with Gasteiger partial charge in [-0.05, 0) is 12.2 Å². The van der Waals surface area contributed by atoms with Gasteiger partial charge in [-0.15, -0.1) is 0 Å². The first-order valence-corrected chi connectivity index (χ1v) is 5.87. The Hall–Kier alpha value is 0.447. The minimum absolute atomic E-state index is 0.0982. The van der Waals surface area contributed by atoms with Crippen LogP contribution in [0.3, 0.4) is 0 Å². The van der Waals surface area contributed by atoms with Gasteiger partial charge in [-0.2, -0.15) is 12.6 Å². The zero-order valence-corrected chi connectivity index (χ0v) is 12.0. The fraction of sp³-hybridized carbons (Fsp3) is 1.00. The molecule has 3 nitrogen and oxygen atoms in total. The summed E-state index contributed by atoms with van der Waals surface area (Å²) in [7, 11) is 4.04. The number of thiol groups is 1. The van der Waals surface area contributed by atoms with Crippen LogP contribution in [0.15, 0.2) is 0 Å². The SMILES string of the molecule is CCCS.COC(CCO[SiH3])OC. The summed E-state index contributed by atoms with van der Waals surface area (Å²) < 4.78 is 14.8. The second-order valence-corrected chi connectivity index (χ2v) is 3.43. The highest BCUT2D eigenvalue weighted by Crippen LogP contribution is 1.95. The molecule has 0 heterocycles. The van der Waals surface area contributed by atoms with Crippen LogP contribution in [0.1, 0.15) is 19.8 Å². The van der Waals surface area contributed by atoms with Gasteiger partial charge < -0.3 is 13.9 Å². The van der Waals surface area contributed by atoms with E-state index < -0.39 is 0 Å². The van der Waals surface area contributed by atoms with Crippen LogP contribution in [-0.4, -0.2) is 43.4 Å². The molecule has 0 aromatic carbocycles. The second kappa shape index (κ2) is 14.9. The molecule has 0 aliphatic heterocycles. The van der Waals surface area contributed by atoms with Gasteiger partial charge in [0, 0.05) is 27.2 Å². The molecule has 82 valence electrons. The zero-order chi connectivity index (χ0) is 10.5. The van der Waals surface area contributed by atoms with E-state index in [9.17, 15) is 0 Å². The number of ether oxygens (including phenoxy) is 2. The molecule has 0 unspecified atom stereocenters. The third kappa shape index (κ3) is 15.2. The van der Waals surface area contributed by atoms with E-state index in [4.69, 9.17) is 13.9 Å². The first-order chi connectivity index (χ1) is 6.26. The molecule has 0 rings (SSSR count). The predicted molar refractivity (Wildman–Crippen MR) is 62.5 cm³/mol. The van der Waals surface area contributed by atoms with E-state index in [-0.39, 0.29) is 6.29 Å². The van der Waals surface area contributed by atoms with Gasteiger partial charge >= 0.3 is 0 Å². The monoisotopic (exact) mass is 226 g/mol. The maximum absolute atomic E-state index is 4.95. The van der Waals surface area contributed by atoms with E-state index >= 15 is 0 Å². The average Bonchev–Trinajstić information content (AvgIpc) is 2.20. The number of rotatable bonds is 6. The summed E-state index contributed by atoms with van der Waals surface area (Å²) in [5.41, 5.74) is 0. The molecule has 0 amide bonds. The average molecular weight is 226 g/mol. The molecule has 0 fully saturated rings. The van der Waals surface area contributed by atoms with Crippen LogP contribution >= 0.6 is 12.6 Å². The molecule has 5 heteroatoms. The molecule has 0 aliphatic rings. The van der Waals surface area contributed by atoms with Crippen molar-refractivity contribution in [2.45, 2.75) is 26.1 Å². The van der Waals surface area contributed by atoms with Gasteiger partial charge in [0.1, 0.15) is 10.5 Å². The molecule has 0 aromatic heterocycles. The summed E-state index contributed by atoms with van der Waals surface area (Å²) in [5, 5.41) is 0. The van der Waals surface area contributed by atoms with Crippen LogP contribution in [-0.2, 0) is 13.9 Å². The lowest BCUT2D eigenvalue weighted by molar-refractivity contribution is -0.110. The fourth-order valence-corrected chi connectivity index (χ4v) is 0.782. The summed E-state index contributed by atoms with van der Waals surface area (Å²) in [6.45, 7) is 2.84. The maximum atomic E-state index is 4.95.